The molecule has 0 spiro atoms. The average molecular weight is 539 g/mol. The van der Waals surface area contributed by atoms with Crippen molar-refractivity contribution in [2.24, 2.45) is 5.92 Å². The van der Waals surface area contributed by atoms with Crippen molar-refractivity contribution in [1.82, 2.24) is 19.9 Å². The lowest BCUT2D eigenvalue weighted by molar-refractivity contribution is -0.141. The van der Waals surface area contributed by atoms with Crippen molar-refractivity contribution >= 4 is 22.9 Å². The van der Waals surface area contributed by atoms with Crippen LogP contribution < -0.4 is 4.74 Å². The van der Waals surface area contributed by atoms with Crippen LogP contribution in [0, 0.1) is 5.92 Å². The Labute approximate surface area is 233 Å². The summed E-state index contributed by atoms with van der Waals surface area (Å²) in [5, 5.41) is 18.9. The third-order valence-electron chi connectivity index (χ3n) is 8.31. The minimum atomic E-state index is -0.854. The predicted molar refractivity (Wildman–Crippen MR) is 151 cm³/mol. The quantitative estimate of drug-likeness (QED) is 0.365. The van der Waals surface area contributed by atoms with Crippen LogP contribution in [-0.2, 0) is 24.3 Å². The highest BCUT2D eigenvalue weighted by Crippen LogP contribution is 2.36. The molecule has 0 unspecified atom stereocenters. The second kappa shape index (κ2) is 11.1. The number of carboxylic acid groups (broad SMARTS) is 1. The zero-order chi connectivity index (χ0) is 27.6. The molecule has 8 heteroatoms. The molecule has 5 aliphatic rings. The summed E-state index contributed by atoms with van der Waals surface area (Å²) in [4.78, 5) is 27.5. The highest BCUT2D eigenvalue weighted by Gasteiger charge is 2.29. The van der Waals surface area contributed by atoms with Crippen LogP contribution in [0.1, 0.15) is 71.1 Å². The maximum atomic E-state index is 13.4. The van der Waals surface area contributed by atoms with E-state index < -0.39 is 11.9 Å². The molecule has 0 radical (unpaired) electrons. The molecule has 9 bridgehead atoms. The SMILES string of the molecule is C[C@H](C(=O)O)[C@H]1c2ccc3c(c2)CN(CC3)C(=O)c2ccc(cc2)OCCCCCCn2nnc3cc1ccc32. The van der Waals surface area contributed by atoms with Crippen LogP contribution in [0.25, 0.3) is 11.0 Å². The Hall–Kier alpha value is -4.20. The number of carbonyl (C=O) groups is 2. The van der Waals surface area contributed by atoms with Gasteiger partial charge in [-0.15, -0.1) is 5.10 Å². The van der Waals surface area contributed by atoms with Gasteiger partial charge < -0.3 is 14.7 Å². The standard InChI is InChI=1S/C32H34N4O4/c1-21(32(38)39)30-24-7-6-22-14-16-35(20-26(22)18-24)31(37)23-8-11-27(12-9-23)40-17-5-3-2-4-15-36-29-13-10-25(30)19-28(29)33-34-36/h6-13,18-19,21,30H,2-5,14-17,20H2,1H3,(H,38,39)/t21-,30-/m0/s1. The maximum absolute atomic E-state index is 13.4. The van der Waals surface area contributed by atoms with Crippen molar-refractivity contribution in [3.63, 3.8) is 0 Å². The lowest BCUT2D eigenvalue weighted by Gasteiger charge is -2.31. The fourth-order valence-corrected chi connectivity index (χ4v) is 5.99. The molecule has 3 aromatic carbocycles. The van der Waals surface area contributed by atoms with Crippen molar-refractivity contribution in [3.05, 3.63) is 88.5 Å². The lowest BCUT2D eigenvalue weighted by Crippen LogP contribution is -2.36. The molecule has 2 atom stereocenters. The predicted octanol–water partition coefficient (Wildman–Crippen LogP) is 5.44. The van der Waals surface area contributed by atoms with Gasteiger partial charge in [-0.05, 0) is 84.3 Å². The highest BCUT2D eigenvalue weighted by molar-refractivity contribution is 5.94. The van der Waals surface area contributed by atoms with Crippen molar-refractivity contribution in [1.29, 1.82) is 0 Å². The Morgan fingerprint density at radius 3 is 2.55 bits per heavy atom. The van der Waals surface area contributed by atoms with Gasteiger partial charge in [0.1, 0.15) is 11.3 Å². The van der Waals surface area contributed by atoms with E-state index in [-0.39, 0.29) is 11.8 Å². The van der Waals surface area contributed by atoms with E-state index in [4.69, 9.17) is 4.74 Å². The van der Waals surface area contributed by atoms with Crippen LogP contribution in [0.15, 0.2) is 60.7 Å². The lowest BCUT2D eigenvalue weighted by atomic mass is 9.80. The van der Waals surface area contributed by atoms with Gasteiger partial charge in [0, 0.05) is 31.1 Å². The zero-order valence-corrected chi connectivity index (χ0v) is 22.8. The molecule has 4 aromatic rings. The molecule has 1 N–H and O–H groups in total. The molecule has 0 aliphatic carbocycles. The van der Waals surface area contributed by atoms with Gasteiger partial charge in [-0.25, -0.2) is 4.68 Å². The van der Waals surface area contributed by atoms with E-state index in [1.54, 1.807) is 6.92 Å². The third kappa shape index (κ3) is 5.18. The first-order valence-corrected chi connectivity index (χ1v) is 14.2. The first-order chi connectivity index (χ1) is 19.5. The van der Waals surface area contributed by atoms with E-state index in [2.05, 4.69) is 22.4 Å². The molecule has 206 valence electrons. The second-order valence-corrected chi connectivity index (χ2v) is 11.0. The summed E-state index contributed by atoms with van der Waals surface area (Å²) >= 11 is 0. The monoisotopic (exact) mass is 538 g/mol. The number of amides is 1. The summed E-state index contributed by atoms with van der Waals surface area (Å²) < 4.78 is 7.85. The van der Waals surface area contributed by atoms with Crippen LogP contribution in [0.4, 0.5) is 0 Å². The average Bonchev–Trinajstić information content (AvgIpc) is 3.38. The number of aliphatic carboxylic acids is 1. The van der Waals surface area contributed by atoms with Gasteiger partial charge >= 0.3 is 5.97 Å². The fourth-order valence-electron chi connectivity index (χ4n) is 5.99. The number of aryl methyl sites for hydroxylation is 1. The Morgan fingerprint density at radius 2 is 1.73 bits per heavy atom. The van der Waals surface area contributed by atoms with Crippen molar-refractivity contribution in [2.45, 2.75) is 58.0 Å². The van der Waals surface area contributed by atoms with Gasteiger partial charge in [0.25, 0.3) is 5.91 Å². The Morgan fingerprint density at radius 1 is 0.950 bits per heavy atom. The third-order valence-corrected chi connectivity index (χ3v) is 8.31. The van der Waals surface area contributed by atoms with Gasteiger partial charge in [0.05, 0.1) is 18.0 Å². The molecular formula is C32H34N4O4. The number of nitrogens with zero attached hydrogens (tertiary/aromatic N) is 4. The number of ether oxygens (including phenoxy) is 1. The highest BCUT2D eigenvalue weighted by atomic mass is 16.5. The molecule has 5 aliphatic heterocycles. The first-order valence-electron chi connectivity index (χ1n) is 14.2. The topological polar surface area (TPSA) is 97.6 Å². The number of hydrogen-bond donors (Lipinski definition) is 1. The molecule has 6 heterocycles. The molecule has 0 saturated heterocycles. The summed E-state index contributed by atoms with van der Waals surface area (Å²) in [6, 6.07) is 19.7. The maximum Gasteiger partial charge on any atom is 0.307 e. The number of carbonyl (C=O) groups excluding carboxylic acids is 1. The van der Waals surface area contributed by atoms with Crippen LogP contribution >= 0.6 is 0 Å². The van der Waals surface area contributed by atoms with E-state index in [1.807, 2.05) is 58.1 Å². The van der Waals surface area contributed by atoms with E-state index in [9.17, 15) is 14.7 Å². The van der Waals surface area contributed by atoms with Gasteiger partial charge in [-0.3, -0.25) is 9.59 Å². The van der Waals surface area contributed by atoms with Gasteiger partial charge in [0.2, 0.25) is 0 Å². The number of carboxylic acids is 1. The molecule has 0 fully saturated rings. The Bertz CT molecular complexity index is 1540. The molecule has 1 amide bonds. The van der Waals surface area contributed by atoms with Crippen molar-refractivity contribution in [2.75, 3.05) is 13.2 Å². The normalized spacial score (nSPS) is 18.8. The van der Waals surface area contributed by atoms with Crippen molar-refractivity contribution in [3.8, 4) is 5.75 Å². The molecule has 9 rings (SSSR count). The molecule has 0 saturated carbocycles. The largest absolute Gasteiger partial charge is 0.494 e. The van der Waals surface area contributed by atoms with E-state index in [0.29, 0.717) is 25.3 Å². The van der Waals surface area contributed by atoms with Crippen LogP contribution in [-0.4, -0.2) is 50.0 Å². The molecule has 8 nitrogen and oxygen atoms in total. The molecular weight excluding hydrogens is 504 g/mol. The Balaban J connectivity index is 1.39. The van der Waals surface area contributed by atoms with E-state index >= 15 is 0 Å². The van der Waals surface area contributed by atoms with Gasteiger partial charge in [0.15, 0.2) is 0 Å². The van der Waals surface area contributed by atoms with Gasteiger partial charge in [-0.2, -0.15) is 0 Å². The first kappa shape index (κ1) is 26.0. The molecule has 1 aromatic heterocycles. The summed E-state index contributed by atoms with van der Waals surface area (Å²) in [6.45, 7) is 4.31. The summed E-state index contributed by atoms with van der Waals surface area (Å²) in [6.07, 6.45) is 4.82. The summed E-state index contributed by atoms with van der Waals surface area (Å²) in [5.74, 6) is -1.10. The number of rotatable bonds is 2. The minimum absolute atomic E-state index is 0.00927. The van der Waals surface area contributed by atoms with E-state index in [0.717, 1.165) is 72.1 Å². The fraction of sp³-hybridized carbons (Fsp3) is 0.375. The molecule has 40 heavy (non-hydrogen) atoms. The minimum Gasteiger partial charge on any atom is -0.494 e. The number of benzene rings is 3. The zero-order valence-electron chi connectivity index (χ0n) is 22.8. The van der Waals surface area contributed by atoms with Crippen LogP contribution in [0.5, 0.6) is 5.75 Å². The summed E-state index contributed by atoms with van der Waals surface area (Å²) in [5.41, 5.74) is 6.45. The van der Waals surface area contributed by atoms with Crippen LogP contribution in [0.2, 0.25) is 0 Å². The van der Waals surface area contributed by atoms with Crippen molar-refractivity contribution < 1.29 is 19.4 Å². The summed E-state index contributed by atoms with van der Waals surface area (Å²) in [7, 11) is 0. The number of aromatic nitrogens is 3. The smallest absolute Gasteiger partial charge is 0.307 e. The second-order valence-electron chi connectivity index (χ2n) is 11.0. The number of hydrogen-bond acceptors (Lipinski definition) is 5. The Kier molecular flexibility index (Phi) is 7.24. The van der Waals surface area contributed by atoms with E-state index in [1.165, 1.54) is 5.56 Å². The van der Waals surface area contributed by atoms with Crippen LogP contribution in [0.3, 0.4) is 0 Å². The van der Waals surface area contributed by atoms with Gasteiger partial charge in [-0.1, -0.05) is 42.8 Å².